The molecule has 0 spiro atoms. The molecule has 0 radical (unpaired) electrons. The molecule has 0 N–H and O–H groups in total. The summed E-state index contributed by atoms with van der Waals surface area (Å²) >= 11 is 0. The van der Waals surface area contributed by atoms with Crippen LogP contribution in [0, 0.1) is 0 Å². The molecule has 0 fully saturated rings. The van der Waals surface area contributed by atoms with Gasteiger partial charge in [-0.25, -0.2) is 8.42 Å². The molecule has 1 heterocycles. The predicted octanol–water partition coefficient (Wildman–Crippen LogP) is 3.88. The van der Waals surface area contributed by atoms with Gasteiger partial charge in [-0.3, -0.25) is 4.31 Å². The van der Waals surface area contributed by atoms with Crippen LogP contribution in [-0.2, 0) is 29.3 Å². The highest BCUT2D eigenvalue weighted by atomic mass is 32.2. The quantitative estimate of drug-likeness (QED) is 0.756. The van der Waals surface area contributed by atoms with E-state index in [2.05, 4.69) is 24.9 Å². The van der Waals surface area contributed by atoms with Crippen LogP contribution in [0.15, 0.2) is 47.4 Å². The van der Waals surface area contributed by atoms with Crippen LogP contribution >= 0.6 is 0 Å². The van der Waals surface area contributed by atoms with E-state index in [9.17, 15) is 8.42 Å². The molecule has 27 heavy (non-hydrogen) atoms. The van der Waals surface area contributed by atoms with Gasteiger partial charge in [-0.15, -0.1) is 0 Å². The lowest BCUT2D eigenvalue weighted by Crippen LogP contribution is -2.26. The van der Waals surface area contributed by atoms with Gasteiger partial charge < -0.3 is 4.90 Å². The standard InChI is InChI=1S/C22H30N2O2S/c1-4-5-6-18-7-11-22(12-8-18)27(25,26)24(3)21-10-9-19-13-15-23(2)16-14-20(19)17-21/h7-12,17H,4-6,13-16H2,1-3H3. The molecule has 0 aliphatic carbocycles. The summed E-state index contributed by atoms with van der Waals surface area (Å²) in [5.41, 5.74) is 4.50. The maximum Gasteiger partial charge on any atom is 0.264 e. The number of nitrogens with zero attached hydrogens (tertiary/aromatic N) is 2. The second-order valence-corrected chi connectivity index (χ2v) is 9.45. The summed E-state index contributed by atoms with van der Waals surface area (Å²) in [6.07, 6.45) is 5.22. The predicted molar refractivity (Wildman–Crippen MR) is 112 cm³/mol. The van der Waals surface area contributed by atoms with Gasteiger partial charge in [-0.05, 0) is 73.7 Å². The summed E-state index contributed by atoms with van der Waals surface area (Å²) in [6, 6.07) is 13.4. The fourth-order valence-electron chi connectivity index (χ4n) is 3.53. The Bertz CT molecular complexity index is 876. The van der Waals surface area contributed by atoms with Gasteiger partial charge in [0.25, 0.3) is 10.0 Å². The first-order chi connectivity index (χ1) is 12.9. The third-order valence-electron chi connectivity index (χ3n) is 5.48. The molecule has 5 heteroatoms. The van der Waals surface area contributed by atoms with Crippen molar-refractivity contribution in [2.24, 2.45) is 0 Å². The van der Waals surface area contributed by atoms with Crippen molar-refractivity contribution < 1.29 is 8.42 Å². The molecule has 0 unspecified atom stereocenters. The molecule has 3 rings (SSSR count). The first kappa shape index (κ1) is 19.9. The average molecular weight is 387 g/mol. The van der Waals surface area contributed by atoms with Crippen LogP contribution in [0.1, 0.15) is 36.5 Å². The fraction of sp³-hybridized carbons (Fsp3) is 0.455. The molecule has 1 aliphatic heterocycles. The highest BCUT2D eigenvalue weighted by molar-refractivity contribution is 7.92. The van der Waals surface area contributed by atoms with Crippen molar-refractivity contribution in [2.75, 3.05) is 31.5 Å². The van der Waals surface area contributed by atoms with Crippen molar-refractivity contribution in [1.82, 2.24) is 4.90 Å². The largest absolute Gasteiger partial charge is 0.306 e. The number of anilines is 1. The van der Waals surface area contributed by atoms with E-state index in [1.165, 1.54) is 21.0 Å². The van der Waals surface area contributed by atoms with Crippen LogP contribution in [0.2, 0.25) is 0 Å². The Hall–Kier alpha value is -1.85. The van der Waals surface area contributed by atoms with Crippen LogP contribution < -0.4 is 4.31 Å². The van der Waals surface area contributed by atoms with Crippen molar-refractivity contribution >= 4 is 15.7 Å². The monoisotopic (exact) mass is 386 g/mol. The zero-order valence-electron chi connectivity index (χ0n) is 16.6. The average Bonchev–Trinajstić information content (AvgIpc) is 2.87. The van der Waals surface area contributed by atoms with Crippen LogP contribution in [0.5, 0.6) is 0 Å². The zero-order valence-corrected chi connectivity index (χ0v) is 17.4. The Balaban J connectivity index is 1.83. The molecule has 4 nitrogen and oxygen atoms in total. The third kappa shape index (κ3) is 4.53. The lowest BCUT2D eigenvalue weighted by Gasteiger charge is -2.21. The van der Waals surface area contributed by atoms with Crippen molar-refractivity contribution in [3.05, 3.63) is 59.2 Å². The van der Waals surface area contributed by atoms with Gasteiger partial charge >= 0.3 is 0 Å². The Morgan fingerprint density at radius 2 is 1.67 bits per heavy atom. The van der Waals surface area contributed by atoms with E-state index in [0.717, 1.165) is 50.9 Å². The lowest BCUT2D eigenvalue weighted by atomic mass is 10.0. The van der Waals surface area contributed by atoms with Crippen molar-refractivity contribution in [3.63, 3.8) is 0 Å². The summed E-state index contributed by atoms with van der Waals surface area (Å²) in [6.45, 7) is 4.21. The number of sulfonamides is 1. The number of fused-ring (bicyclic) bond motifs is 1. The van der Waals surface area contributed by atoms with Gasteiger partial charge in [-0.1, -0.05) is 31.5 Å². The number of aryl methyl sites for hydroxylation is 1. The molecule has 0 aromatic heterocycles. The Labute approximate surface area is 163 Å². The second-order valence-electron chi connectivity index (χ2n) is 7.48. The molecule has 146 valence electrons. The molecule has 0 atom stereocenters. The minimum atomic E-state index is -3.55. The van der Waals surface area contributed by atoms with E-state index in [1.54, 1.807) is 19.2 Å². The molecule has 2 aromatic carbocycles. The minimum Gasteiger partial charge on any atom is -0.306 e. The maximum atomic E-state index is 13.1. The lowest BCUT2D eigenvalue weighted by molar-refractivity contribution is 0.352. The Morgan fingerprint density at radius 3 is 2.33 bits per heavy atom. The van der Waals surface area contributed by atoms with E-state index in [-0.39, 0.29) is 0 Å². The molecule has 0 bridgehead atoms. The Kier molecular flexibility index (Phi) is 6.22. The molecule has 0 amide bonds. The molecular weight excluding hydrogens is 356 g/mol. The summed E-state index contributed by atoms with van der Waals surface area (Å²) in [7, 11) is 0.223. The second kappa shape index (κ2) is 8.44. The summed E-state index contributed by atoms with van der Waals surface area (Å²) < 4.78 is 27.5. The van der Waals surface area contributed by atoms with Gasteiger partial charge in [0.1, 0.15) is 0 Å². The number of unbranched alkanes of at least 4 members (excludes halogenated alkanes) is 1. The molecule has 2 aromatic rings. The molecule has 1 aliphatic rings. The smallest absolute Gasteiger partial charge is 0.264 e. The van der Waals surface area contributed by atoms with Gasteiger partial charge in [0, 0.05) is 20.1 Å². The van der Waals surface area contributed by atoms with Crippen molar-refractivity contribution in [1.29, 1.82) is 0 Å². The van der Waals surface area contributed by atoms with E-state index in [0.29, 0.717) is 4.90 Å². The first-order valence-electron chi connectivity index (χ1n) is 9.80. The summed E-state index contributed by atoms with van der Waals surface area (Å²) in [5, 5.41) is 0. The van der Waals surface area contributed by atoms with Gasteiger partial charge in [-0.2, -0.15) is 0 Å². The molecule has 0 saturated carbocycles. The topological polar surface area (TPSA) is 40.6 Å². The summed E-state index contributed by atoms with van der Waals surface area (Å²) in [4.78, 5) is 2.67. The van der Waals surface area contributed by atoms with Crippen molar-refractivity contribution in [2.45, 2.75) is 43.9 Å². The first-order valence-corrected chi connectivity index (χ1v) is 11.2. The highest BCUT2D eigenvalue weighted by Crippen LogP contribution is 2.26. The molecule has 0 saturated heterocycles. The van der Waals surface area contributed by atoms with E-state index >= 15 is 0 Å². The van der Waals surface area contributed by atoms with E-state index < -0.39 is 10.0 Å². The van der Waals surface area contributed by atoms with E-state index in [1.807, 2.05) is 24.3 Å². The van der Waals surface area contributed by atoms with Gasteiger partial charge in [0.05, 0.1) is 10.6 Å². The van der Waals surface area contributed by atoms with Crippen LogP contribution in [-0.4, -0.2) is 40.5 Å². The number of hydrogen-bond acceptors (Lipinski definition) is 3. The van der Waals surface area contributed by atoms with Gasteiger partial charge in [0.2, 0.25) is 0 Å². The summed E-state index contributed by atoms with van der Waals surface area (Å²) in [5.74, 6) is 0. The van der Waals surface area contributed by atoms with Crippen LogP contribution in [0.4, 0.5) is 5.69 Å². The Morgan fingerprint density at radius 1 is 1.00 bits per heavy atom. The normalized spacial score (nSPS) is 15.2. The highest BCUT2D eigenvalue weighted by Gasteiger charge is 2.22. The van der Waals surface area contributed by atoms with E-state index in [4.69, 9.17) is 0 Å². The van der Waals surface area contributed by atoms with Crippen LogP contribution in [0.25, 0.3) is 0 Å². The number of rotatable bonds is 6. The third-order valence-corrected chi connectivity index (χ3v) is 7.28. The van der Waals surface area contributed by atoms with Gasteiger partial charge in [0.15, 0.2) is 0 Å². The fourth-order valence-corrected chi connectivity index (χ4v) is 4.71. The molecular formula is C22H30N2O2S. The van der Waals surface area contributed by atoms with Crippen molar-refractivity contribution in [3.8, 4) is 0 Å². The number of hydrogen-bond donors (Lipinski definition) is 0. The zero-order chi connectivity index (χ0) is 19.4. The maximum absolute atomic E-state index is 13.1. The number of benzene rings is 2. The minimum absolute atomic E-state index is 0.347. The van der Waals surface area contributed by atoms with Crippen LogP contribution in [0.3, 0.4) is 0 Å². The number of likely N-dealkylation sites (N-methyl/N-ethyl adjacent to an activating group) is 1. The SMILES string of the molecule is CCCCc1ccc(S(=O)(=O)N(C)c2ccc3c(c2)CCN(C)CC3)cc1.